The fraction of sp³-hybridized carbons (Fsp3) is 0.273. The molecule has 120 valence electrons. The molecule has 0 aromatic heterocycles. The first-order valence-corrected chi connectivity index (χ1v) is 8.30. The molecule has 1 unspecified atom stereocenters. The average Bonchev–Trinajstić information content (AvgIpc) is 2.62. The van der Waals surface area contributed by atoms with Gasteiger partial charge >= 0.3 is 0 Å². The molecule has 0 spiro atoms. The van der Waals surface area contributed by atoms with E-state index in [9.17, 15) is 0 Å². The highest BCUT2D eigenvalue weighted by atomic mass is 16.5. The highest BCUT2D eigenvalue weighted by molar-refractivity contribution is 5.62. The predicted octanol–water partition coefficient (Wildman–Crippen LogP) is 5.99. The summed E-state index contributed by atoms with van der Waals surface area (Å²) in [6.45, 7) is 9.13. The Morgan fingerprint density at radius 1 is 1.04 bits per heavy atom. The van der Waals surface area contributed by atoms with Crippen LogP contribution in [0.4, 0.5) is 0 Å². The molecule has 1 atom stereocenters. The van der Waals surface area contributed by atoms with Crippen LogP contribution >= 0.6 is 0 Å². The van der Waals surface area contributed by atoms with Crippen molar-refractivity contribution in [1.82, 2.24) is 0 Å². The van der Waals surface area contributed by atoms with Crippen LogP contribution in [-0.4, -0.2) is 6.61 Å². The first-order valence-electron chi connectivity index (χ1n) is 8.30. The van der Waals surface area contributed by atoms with Crippen molar-refractivity contribution in [2.45, 2.75) is 32.1 Å². The minimum Gasteiger partial charge on any atom is -0.493 e. The lowest BCUT2D eigenvalue weighted by Gasteiger charge is -2.24. The standard InChI is InChI=1S/C22H26O/c1-4-6-17-23-21(19-13-9-7-10-14-19)18-22(3,5-2)20-15-11-8-12-16-20/h5,7-16,18H,2,4,6,17H2,1,3H3/b21-18-. The van der Waals surface area contributed by atoms with Crippen molar-refractivity contribution in [2.75, 3.05) is 6.61 Å². The Balaban J connectivity index is 2.39. The molecule has 2 rings (SSSR count). The number of unbranched alkanes of at least 4 members (excludes halogenated alkanes) is 1. The highest BCUT2D eigenvalue weighted by Gasteiger charge is 2.22. The van der Waals surface area contributed by atoms with Crippen LogP contribution < -0.4 is 0 Å². The lowest BCUT2D eigenvalue weighted by molar-refractivity contribution is 0.268. The third-order valence-corrected chi connectivity index (χ3v) is 4.06. The van der Waals surface area contributed by atoms with E-state index >= 15 is 0 Å². The lowest BCUT2D eigenvalue weighted by Crippen LogP contribution is -2.16. The van der Waals surface area contributed by atoms with E-state index in [2.05, 4.69) is 62.9 Å². The summed E-state index contributed by atoms with van der Waals surface area (Å²) < 4.78 is 6.10. The molecule has 0 radical (unpaired) electrons. The van der Waals surface area contributed by atoms with E-state index < -0.39 is 0 Å². The quantitative estimate of drug-likeness (QED) is 0.331. The molecule has 0 heterocycles. The highest BCUT2D eigenvalue weighted by Crippen LogP contribution is 2.31. The van der Waals surface area contributed by atoms with Gasteiger partial charge in [0.05, 0.1) is 6.61 Å². The molecule has 0 aliphatic rings. The van der Waals surface area contributed by atoms with Gasteiger partial charge in [-0.25, -0.2) is 0 Å². The Hall–Kier alpha value is -2.28. The lowest BCUT2D eigenvalue weighted by atomic mass is 9.81. The Morgan fingerprint density at radius 3 is 2.22 bits per heavy atom. The van der Waals surface area contributed by atoms with Crippen molar-refractivity contribution in [1.29, 1.82) is 0 Å². The van der Waals surface area contributed by atoms with E-state index in [0.29, 0.717) is 0 Å². The van der Waals surface area contributed by atoms with Gasteiger partial charge in [-0.15, -0.1) is 6.58 Å². The van der Waals surface area contributed by atoms with Gasteiger partial charge in [0, 0.05) is 11.0 Å². The van der Waals surface area contributed by atoms with Gasteiger partial charge in [0.15, 0.2) is 0 Å². The summed E-state index contributed by atoms with van der Waals surface area (Å²) in [7, 11) is 0. The van der Waals surface area contributed by atoms with Crippen LogP contribution in [0, 0.1) is 0 Å². The van der Waals surface area contributed by atoms with Crippen LogP contribution in [0.1, 0.15) is 37.8 Å². The summed E-state index contributed by atoms with van der Waals surface area (Å²) in [5, 5.41) is 0. The number of hydrogen-bond acceptors (Lipinski definition) is 1. The van der Waals surface area contributed by atoms with Crippen molar-refractivity contribution < 1.29 is 4.74 Å². The second-order valence-corrected chi connectivity index (χ2v) is 5.93. The van der Waals surface area contributed by atoms with Crippen LogP contribution in [0.3, 0.4) is 0 Å². The molecule has 23 heavy (non-hydrogen) atoms. The largest absolute Gasteiger partial charge is 0.493 e. The molecule has 1 heteroatoms. The molecular formula is C22H26O. The average molecular weight is 306 g/mol. The van der Waals surface area contributed by atoms with Crippen LogP contribution in [0.2, 0.25) is 0 Å². The topological polar surface area (TPSA) is 9.23 Å². The number of ether oxygens (including phenoxy) is 1. The molecule has 0 aliphatic carbocycles. The molecule has 0 amide bonds. The minimum absolute atomic E-state index is 0.265. The van der Waals surface area contributed by atoms with Crippen molar-refractivity contribution in [3.05, 3.63) is 90.5 Å². The summed E-state index contributed by atoms with van der Waals surface area (Å²) in [4.78, 5) is 0. The maximum atomic E-state index is 6.10. The first-order chi connectivity index (χ1) is 11.2. The smallest absolute Gasteiger partial charge is 0.123 e. The van der Waals surface area contributed by atoms with Gasteiger partial charge in [-0.05, 0) is 25.0 Å². The van der Waals surface area contributed by atoms with Crippen LogP contribution in [-0.2, 0) is 10.2 Å². The number of allylic oxidation sites excluding steroid dienone is 2. The predicted molar refractivity (Wildman–Crippen MR) is 99.3 cm³/mol. The number of rotatable bonds is 8. The van der Waals surface area contributed by atoms with Gasteiger partial charge in [-0.1, -0.05) is 80.1 Å². The molecule has 2 aromatic rings. The van der Waals surface area contributed by atoms with Gasteiger partial charge in [0.1, 0.15) is 5.76 Å². The number of hydrogen-bond donors (Lipinski definition) is 0. The van der Waals surface area contributed by atoms with E-state index in [1.165, 1.54) is 5.56 Å². The Bertz CT molecular complexity index is 628. The van der Waals surface area contributed by atoms with E-state index in [0.717, 1.165) is 30.8 Å². The van der Waals surface area contributed by atoms with E-state index in [4.69, 9.17) is 4.74 Å². The third kappa shape index (κ3) is 4.59. The Labute approximate surface area is 140 Å². The summed E-state index contributed by atoms with van der Waals surface area (Å²) >= 11 is 0. The Morgan fingerprint density at radius 2 is 1.65 bits per heavy atom. The molecule has 0 saturated carbocycles. The fourth-order valence-corrected chi connectivity index (χ4v) is 2.47. The van der Waals surface area contributed by atoms with Crippen molar-refractivity contribution >= 4 is 5.76 Å². The van der Waals surface area contributed by atoms with Gasteiger partial charge in [0.25, 0.3) is 0 Å². The second kappa shape index (κ2) is 8.38. The molecule has 0 bridgehead atoms. The zero-order valence-corrected chi connectivity index (χ0v) is 14.2. The van der Waals surface area contributed by atoms with E-state index in [-0.39, 0.29) is 5.41 Å². The second-order valence-electron chi connectivity index (χ2n) is 5.93. The monoisotopic (exact) mass is 306 g/mol. The third-order valence-electron chi connectivity index (χ3n) is 4.06. The summed E-state index contributed by atoms with van der Waals surface area (Å²) in [6, 6.07) is 20.7. The molecular weight excluding hydrogens is 280 g/mol. The number of benzene rings is 2. The molecule has 0 fully saturated rings. The zero-order valence-electron chi connectivity index (χ0n) is 14.2. The van der Waals surface area contributed by atoms with Gasteiger partial charge in [0.2, 0.25) is 0 Å². The molecule has 0 aliphatic heterocycles. The first kappa shape index (κ1) is 17.1. The Kier molecular flexibility index (Phi) is 6.22. The van der Waals surface area contributed by atoms with Crippen LogP contribution in [0.15, 0.2) is 79.4 Å². The van der Waals surface area contributed by atoms with Crippen LogP contribution in [0.5, 0.6) is 0 Å². The molecule has 0 N–H and O–H groups in total. The normalized spacial score (nSPS) is 14.1. The van der Waals surface area contributed by atoms with E-state index in [1.54, 1.807) is 0 Å². The van der Waals surface area contributed by atoms with Crippen molar-refractivity contribution in [3.63, 3.8) is 0 Å². The molecule has 0 saturated heterocycles. The van der Waals surface area contributed by atoms with Crippen molar-refractivity contribution in [2.24, 2.45) is 0 Å². The van der Waals surface area contributed by atoms with Gasteiger partial charge < -0.3 is 4.74 Å². The summed E-state index contributed by atoms with van der Waals surface area (Å²) in [5.41, 5.74) is 2.05. The zero-order chi connectivity index (χ0) is 16.5. The summed E-state index contributed by atoms with van der Waals surface area (Å²) in [6.07, 6.45) is 6.34. The van der Waals surface area contributed by atoms with E-state index in [1.807, 2.05) is 30.3 Å². The van der Waals surface area contributed by atoms with Crippen LogP contribution in [0.25, 0.3) is 5.76 Å². The van der Waals surface area contributed by atoms with Gasteiger partial charge in [-0.3, -0.25) is 0 Å². The summed E-state index contributed by atoms with van der Waals surface area (Å²) in [5.74, 6) is 0.922. The van der Waals surface area contributed by atoms with Crippen molar-refractivity contribution in [3.8, 4) is 0 Å². The maximum absolute atomic E-state index is 6.10. The SMILES string of the molecule is C=CC(C)(/C=C(\OCCCC)c1ccccc1)c1ccccc1. The molecule has 1 nitrogen and oxygen atoms in total. The fourth-order valence-electron chi connectivity index (χ4n) is 2.47. The molecule has 2 aromatic carbocycles. The maximum Gasteiger partial charge on any atom is 0.123 e. The van der Waals surface area contributed by atoms with Gasteiger partial charge in [-0.2, -0.15) is 0 Å². The minimum atomic E-state index is -0.265.